The number of rotatable bonds is 16. The van der Waals surface area contributed by atoms with Crippen LogP contribution in [0.25, 0.3) is 0 Å². The summed E-state index contributed by atoms with van der Waals surface area (Å²) in [5.74, 6) is -0.580. The van der Waals surface area contributed by atoms with E-state index in [4.69, 9.17) is 4.74 Å². The van der Waals surface area contributed by atoms with Gasteiger partial charge < -0.3 is 20.3 Å². The molecule has 0 fully saturated rings. The van der Waals surface area contributed by atoms with Gasteiger partial charge in [-0.25, -0.2) is 4.79 Å². The van der Waals surface area contributed by atoms with Crippen LogP contribution in [0.3, 0.4) is 0 Å². The minimum Gasteiger partial charge on any atom is -0.444 e. The van der Waals surface area contributed by atoms with Crippen molar-refractivity contribution < 1.29 is 19.1 Å². The molecule has 2 N–H and O–H groups in total. The average molecular weight is 628 g/mol. The van der Waals surface area contributed by atoms with E-state index in [2.05, 4.69) is 17.6 Å². The van der Waals surface area contributed by atoms with Crippen molar-refractivity contribution in [1.29, 1.82) is 0 Å². The fraction of sp³-hybridized carbons (Fsp3) is 0.462. The van der Waals surface area contributed by atoms with E-state index in [1.54, 1.807) is 25.7 Å². The first kappa shape index (κ1) is 36.3. The summed E-state index contributed by atoms with van der Waals surface area (Å²) in [6.45, 7) is 12.3. The highest BCUT2D eigenvalue weighted by Crippen LogP contribution is 2.26. The number of hydrogen-bond acceptors (Lipinski definition) is 4. The number of alkyl carbamates (subject to hydrolysis) is 1. The molecule has 0 bridgehead atoms. The van der Waals surface area contributed by atoms with Crippen molar-refractivity contribution in [1.82, 2.24) is 15.5 Å². The third kappa shape index (κ3) is 12.0. The van der Waals surface area contributed by atoms with Crippen LogP contribution >= 0.6 is 0 Å². The third-order valence-electron chi connectivity index (χ3n) is 8.02. The molecule has 3 rings (SSSR count). The summed E-state index contributed by atoms with van der Waals surface area (Å²) in [7, 11) is 0. The quantitative estimate of drug-likeness (QED) is 0.158. The SMILES string of the molecule is CCCCCCCCN(C(=O)C(Cc1ccccc1)NC(=O)OC(C)(C)C)C(C(=O)NCc1ccccc1)c1ccc(C)c(C)c1. The van der Waals surface area contributed by atoms with Gasteiger partial charge in [-0.15, -0.1) is 0 Å². The molecule has 3 amide bonds. The molecule has 248 valence electrons. The zero-order valence-electron chi connectivity index (χ0n) is 28.6. The minimum atomic E-state index is -0.937. The van der Waals surface area contributed by atoms with E-state index in [-0.39, 0.29) is 18.2 Å². The van der Waals surface area contributed by atoms with Gasteiger partial charge in [0.15, 0.2) is 0 Å². The molecule has 0 aliphatic heterocycles. The van der Waals surface area contributed by atoms with Crippen LogP contribution in [0.1, 0.15) is 100 Å². The zero-order chi connectivity index (χ0) is 33.5. The Hall–Kier alpha value is -4.13. The van der Waals surface area contributed by atoms with Crippen LogP contribution in [-0.2, 0) is 27.3 Å². The number of unbranched alkanes of at least 4 members (excludes halogenated alkanes) is 5. The number of hydrogen-bond donors (Lipinski definition) is 2. The predicted molar refractivity (Wildman–Crippen MR) is 185 cm³/mol. The molecule has 7 heteroatoms. The topological polar surface area (TPSA) is 87.7 Å². The molecule has 7 nitrogen and oxygen atoms in total. The molecular formula is C39H53N3O4. The summed E-state index contributed by atoms with van der Waals surface area (Å²) in [6.07, 6.45) is 5.81. The Morgan fingerprint density at radius 1 is 0.783 bits per heavy atom. The van der Waals surface area contributed by atoms with Gasteiger partial charge in [0.2, 0.25) is 11.8 Å². The van der Waals surface area contributed by atoms with Crippen molar-refractivity contribution in [2.45, 2.75) is 111 Å². The first-order chi connectivity index (χ1) is 22.0. The number of nitrogens with one attached hydrogen (secondary N) is 2. The van der Waals surface area contributed by atoms with Gasteiger partial charge in [0.25, 0.3) is 0 Å². The number of nitrogens with zero attached hydrogens (tertiary/aromatic N) is 1. The lowest BCUT2D eigenvalue weighted by molar-refractivity contribution is -0.142. The highest BCUT2D eigenvalue weighted by Gasteiger charge is 2.36. The van der Waals surface area contributed by atoms with Crippen molar-refractivity contribution in [3.05, 3.63) is 107 Å². The summed E-state index contributed by atoms with van der Waals surface area (Å²) in [5, 5.41) is 5.96. The molecule has 2 unspecified atom stereocenters. The van der Waals surface area contributed by atoms with Gasteiger partial charge in [-0.05, 0) is 68.9 Å². The Balaban J connectivity index is 2.02. The second-order valence-electron chi connectivity index (χ2n) is 13.1. The number of aryl methyl sites for hydroxylation is 2. The molecule has 0 radical (unpaired) electrons. The molecule has 0 saturated heterocycles. The van der Waals surface area contributed by atoms with E-state index in [1.807, 2.05) is 92.7 Å². The molecule has 0 aliphatic rings. The van der Waals surface area contributed by atoms with Gasteiger partial charge >= 0.3 is 6.09 Å². The van der Waals surface area contributed by atoms with Crippen molar-refractivity contribution in [3.63, 3.8) is 0 Å². The number of ether oxygens (including phenoxy) is 1. The predicted octanol–water partition coefficient (Wildman–Crippen LogP) is 7.99. The first-order valence-corrected chi connectivity index (χ1v) is 16.7. The molecule has 0 spiro atoms. The third-order valence-corrected chi connectivity index (χ3v) is 8.02. The van der Waals surface area contributed by atoms with Crippen LogP contribution in [0.5, 0.6) is 0 Å². The van der Waals surface area contributed by atoms with Crippen molar-refractivity contribution in [2.24, 2.45) is 0 Å². The molecule has 46 heavy (non-hydrogen) atoms. The Kier molecular flexibility index (Phi) is 14.3. The summed E-state index contributed by atoms with van der Waals surface area (Å²) < 4.78 is 5.58. The summed E-state index contributed by atoms with van der Waals surface area (Å²) in [6, 6.07) is 23.5. The van der Waals surface area contributed by atoms with E-state index in [0.29, 0.717) is 13.1 Å². The van der Waals surface area contributed by atoms with Gasteiger partial charge in [-0.1, -0.05) is 118 Å². The standard InChI is InChI=1S/C39H53N3O4/c1-7-8-9-10-11-18-25-42(37(44)34(27-31-19-14-12-15-20-31)41-38(45)46-39(4,5)6)35(33-24-23-29(2)30(3)26-33)36(43)40-28-32-21-16-13-17-22-32/h12-17,19-24,26,34-35H,7-11,18,25,27-28H2,1-6H3,(H,40,43)(H,41,45). The van der Waals surface area contributed by atoms with Gasteiger partial charge in [-0.2, -0.15) is 0 Å². The Morgan fingerprint density at radius 2 is 1.39 bits per heavy atom. The van der Waals surface area contributed by atoms with E-state index >= 15 is 0 Å². The lowest BCUT2D eigenvalue weighted by atomic mass is 9.97. The molecule has 0 aromatic heterocycles. The maximum Gasteiger partial charge on any atom is 0.408 e. The molecule has 0 heterocycles. The Bertz CT molecular complexity index is 1390. The van der Waals surface area contributed by atoms with E-state index in [0.717, 1.165) is 59.9 Å². The number of carbonyl (C=O) groups is 3. The van der Waals surface area contributed by atoms with E-state index < -0.39 is 23.8 Å². The fourth-order valence-electron chi connectivity index (χ4n) is 5.42. The molecule has 3 aromatic rings. The van der Waals surface area contributed by atoms with Crippen LogP contribution in [0.15, 0.2) is 78.9 Å². The fourth-order valence-corrected chi connectivity index (χ4v) is 5.42. The van der Waals surface area contributed by atoms with Gasteiger partial charge in [-0.3, -0.25) is 9.59 Å². The maximum absolute atomic E-state index is 14.7. The van der Waals surface area contributed by atoms with Crippen LogP contribution in [0, 0.1) is 13.8 Å². The van der Waals surface area contributed by atoms with E-state index in [9.17, 15) is 14.4 Å². The molecular weight excluding hydrogens is 574 g/mol. The Labute approximate surface area is 276 Å². The van der Waals surface area contributed by atoms with Gasteiger partial charge in [0.1, 0.15) is 17.7 Å². The lowest BCUT2D eigenvalue weighted by Crippen LogP contribution is -2.54. The molecule has 0 saturated carbocycles. The smallest absolute Gasteiger partial charge is 0.408 e. The molecule has 3 aromatic carbocycles. The van der Waals surface area contributed by atoms with E-state index in [1.165, 1.54) is 6.42 Å². The van der Waals surface area contributed by atoms with Crippen LogP contribution < -0.4 is 10.6 Å². The zero-order valence-corrected chi connectivity index (χ0v) is 28.6. The second kappa shape index (κ2) is 18.1. The molecule has 0 aliphatic carbocycles. The normalized spacial score (nSPS) is 12.6. The van der Waals surface area contributed by atoms with Crippen LogP contribution in [0.4, 0.5) is 4.79 Å². The van der Waals surface area contributed by atoms with Gasteiger partial charge in [0.05, 0.1) is 0 Å². The summed E-state index contributed by atoms with van der Waals surface area (Å²) >= 11 is 0. The summed E-state index contributed by atoms with van der Waals surface area (Å²) in [5.41, 5.74) is 4.02. The van der Waals surface area contributed by atoms with Crippen LogP contribution in [-0.4, -0.2) is 41.0 Å². The van der Waals surface area contributed by atoms with Crippen LogP contribution in [0.2, 0.25) is 0 Å². The lowest BCUT2D eigenvalue weighted by Gasteiger charge is -2.35. The number of benzene rings is 3. The highest BCUT2D eigenvalue weighted by atomic mass is 16.6. The van der Waals surface area contributed by atoms with Crippen molar-refractivity contribution in [3.8, 4) is 0 Å². The summed E-state index contributed by atoms with van der Waals surface area (Å²) in [4.78, 5) is 43.7. The van der Waals surface area contributed by atoms with Gasteiger partial charge in [0, 0.05) is 19.5 Å². The largest absolute Gasteiger partial charge is 0.444 e. The number of amides is 3. The highest BCUT2D eigenvalue weighted by molar-refractivity contribution is 5.92. The maximum atomic E-state index is 14.7. The second-order valence-corrected chi connectivity index (χ2v) is 13.1. The van der Waals surface area contributed by atoms with Crippen molar-refractivity contribution in [2.75, 3.05) is 6.54 Å². The molecule has 2 atom stereocenters. The van der Waals surface area contributed by atoms with Crippen molar-refractivity contribution >= 4 is 17.9 Å². The monoisotopic (exact) mass is 627 g/mol. The number of carbonyl (C=O) groups excluding carboxylic acids is 3. The minimum absolute atomic E-state index is 0.261. The average Bonchev–Trinajstić information content (AvgIpc) is 3.02. The Morgan fingerprint density at radius 3 is 2.00 bits per heavy atom. The first-order valence-electron chi connectivity index (χ1n) is 16.7.